The molecule has 1 atom stereocenters. The van der Waals surface area contributed by atoms with Crippen LogP contribution in [-0.2, 0) is 4.79 Å². The van der Waals surface area contributed by atoms with Crippen molar-refractivity contribution in [3.8, 4) is 11.5 Å². The fourth-order valence-corrected chi connectivity index (χ4v) is 1.61. The lowest BCUT2D eigenvalue weighted by atomic mass is 10.1. The summed E-state index contributed by atoms with van der Waals surface area (Å²) in [6, 6.07) is 5.25. The van der Waals surface area contributed by atoms with Crippen molar-refractivity contribution >= 4 is 17.5 Å². The van der Waals surface area contributed by atoms with E-state index in [4.69, 9.17) is 21.1 Å². The van der Waals surface area contributed by atoms with Crippen molar-refractivity contribution < 1.29 is 14.3 Å². The third-order valence-corrected chi connectivity index (χ3v) is 2.64. The van der Waals surface area contributed by atoms with Gasteiger partial charge in [-0.3, -0.25) is 4.79 Å². The van der Waals surface area contributed by atoms with Crippen LogP contribution in [0.4, 0.5) is 0 Å². The van der Waals surface area contributed by atoms with Crippen LogP contribution in [0.5, 0.6) is 11.5 Å². The molecule has 0 radical (unpaired) electrons. The summed E-state index contributed by atoms with van der Waals surface area (Å²) < 4.78 is 10.4. The lowest BCUT2D eigenvalue weighted by molar-refractivity contribution is -0.119. The molecule has 0 aliphatic rings. The van der Waals surface area contributed by atoms with Gasteiger partial charge in [0.1, 0.15) is 17.4 Å². The molecule has 94 valence electrons. The Morgan fingerprint density at radius 1 is 1.41 bits per heavy atom. The third-order valence-electron chi connectivity index (χ3n) is 2.40. The number of hydrogen-bond donors (Lipinski definition) is 1. The Hall–Kier alpha value is -1.42. The van der Waals surface area contributed by atoms with E-state index >= 15 is 0 Å². The van der Waals surface area contributed by atoms with Crippen LogP contribution in [0.1, 0.15) is 18.5 Å². The van der Waals surface area contributed by atoms with Crippen molar-refractivity contribution in [1.29, 1.82) is 0 Å². The van der Waals surface area contributed by atoms with Gasteiger partial charge in [0, 0.05) is 5.56 Å². The third kappa shape index (κ3) is 3.53. The van der Waals surface area contributed by atoms with Gasteiger partial charge in [-0.05, 0) is 25.1 Å². The minimum atomic E-state index is -0.218. The number of amides is 1. The predicted molar refractivity (Wildman–Crippen MR) is 66.8 cm³/mol. The number of carbonyl (C=O) groups excluding carboxylic acids is 1. The first kappa shape index (κ1) is 13.6. The maximum Gasteiger partial charge on any atom is 0.235 e. The average molecular weight is 258 g/mol. The van der Waals surface area contributed by atoms with Crippen molar-refractivity contribution in [2.45, 2.75) is 13.0 Å². The van der Waals surface area contributed by atoms with Crippen LogP contribution in [0.25, 0.3) is 0 Å². The molecule has 4 nitrogen and oxygen atoms in total. The monoisotopic (exact) mass is 257 g/mol. The number of methoxy groups -OCH3 is 2. The number of hydrogen-bond acceptors (Lipinski definition) is 3. The first-order valence-electron chi connectivity index (χ1n) is 5.19. The van der Waals surface area contributed by atoms with E-state index in [2.05, 4.69) is 5.32 Å². The van der Waals surface area contributed by atoms with E-state index in [-0.39, 0.29) is 17.8 Å². The number of ether oxygens (including phenoxy) is 2. The van der Waals surface area contributed by atoms with E-state index in [1.807, 2.05) is 13.0 Å². The Morgan fingerprint density at radius 2 is 2.12 bits per heavy atom. The second-order valence-electron chi connectivity index (χ2n) is 3.53. The fourth-order valence-electron chi connectivity index (χ4n) is 1.54. The molecule has 0 bridgehead atoms. The van der Waals surface area contributed by atoms with Crippen LogP contribution in [0.3, 0.4) is 0 Å². The summed E-state index contributed by atoms with van der Waals surface area (Å²) in [7, 11) is 3.18. The van der Waals surface area contributed by atoms with Crippen molar-refractivity contribution in [3.05, 3.63) is 23.8 Å². The number of rotatable bonds is 5. The van der Waals surface area contributed by atoms with Crippen molar-refractivity contribution in [2.75, 3.05) is 20.1 Å². The second kappa shape index (κ2) is 6.35. The highest BCUT2D eigenvalue weighted by atomic mass is 35.5. The molecule has 1 unspecified atom stereocenters. The molecule has 1 aromatic carbocycles. The minimum absolute atomic E-state index is 0.0589. The van der Waals surface area contributed by atoms with Gasteiger partial charge in [0.15, 0.2) is 0 Å². The molecule has 1 amide bonds. The molecule has 0 aliphatic carbocycles. The smallest absolute Gasteiger partial charge is 0.235 e. The van der Waals surface area contributed by atoms with E-state index in [0.29, 0.717) is 11.5 Å². The topological polar surface area (TPSA) is 47.6 Å². The molecule has 0 spiro atoms. The van der Waals surface area contributed by atoms with Gasteiger partial charge in [-0.1, -0.05) is 0 Å². The molecule has 0 fully saturated rings. The van der Waals surface area contributed by atoms with Crippen molar-refractivity contribution in [2.24, 2.45) is 0 Å². The molecule has 1 aromatic rings. The van der Waals surface area contributed by atoms with Crippen molar-refractivity contribution in [3.63, 3.8) is 0 Å². The number of benzene rings is 1. The van der Waals surface area contributed by atoms with Crippen LogP contribution in [-0.4, -0.2) is 26.0 Å². The lowest BCUT2D eigenvalue weighted by Gasteiger charge is -2.17. The molecule has 0 aromatic heterocycles. The molecule has 1 N–H and O–H groups in total. The summed E-state index contributed by atoms with van der Waals surface area (Å²) in [6.07, 6.45) is 0. The SMILES string of the molecule is COc1ccc(OC)c(C(C)NC(=O)CCl)c1. The molecule has 0 heterocycles. The molecular formula is C12H16ClNO3. The molecule has 0 aliphatic heterocycles. The van der Waals surface area contributed by atoms with Gasteiger partial charge in [0.25, 0.3) is 0 Å². The van der Waals surface area contributed by atoms with Crippen LogP contribution in [0, 0.1) is 0 Å². The van der Waals surface area contributed by atoms with E-state index in [1.54, 1.807) is 26.4 Å². The van der Waals surface area contributed by atoms with Gasteiger partial charge in [-0.25, -0.2) is 0 Å². The fraction of sp³-hybridized carbons (Fsp3) is 0.417. The molecule has 17 heavy (non-hydrogen) atoms. The van der Waals surface area contributed by atoms with Gasteiger partial charge in [0.2, 0.25) is 5.91 Å². The molecule has 5 heteroatoms. The van der Waals surface area contributed by atoms with E-state index in [1.165, 1.54) is 0 Å². The van der Waals surface area contributed by atoms with Crippen LogP contribution >= 0.6 is 11.6 Å². The summed E-state index contributed by atoms with van der Waals surface area (Å²) in [5, 5.41) is 2.77. The van der Waals surface area contributed by atoms with Crippen LogP contribution < -0.4 is 14.8 Å². The lowest BCUT2D eigenvalue weighted by Crippen LogP contribution is -2.27. The summed E-state index contributed by atoms with van der Waals surface area (Å²) in [6.45, 7) is 1.86. The Morgan fingerprint density at radius 3 is 2.65 bits per heavy atom. The summed E-state index contributed by atoms with van der Waals surface area (Å²) >= 11 is 5.45. The Balaban J connectivity index is 2.96. The quantitative estimate of drug-likeness (QED) is 0.822. The van der Waals surface area contributed by atoms with E-state index in [9.17, 15) is 4.79 Å². The first-order chi connectivity index (χ1) is 8.12. The standard InChI is InChI=1S/C12H16ClNO3/c1-8(14-12(15)7-13)10-6-9(16-2)4-5-11(10)17-3/h4-6,8H,7H2,1-3H3,(H,14,15). The summed E-state index contributed by atoms with van der Waals surface area (Å²) in [5.41, 5.74) is 0.852. The summed E-state index contributed by atoms with van der Waals surface area (Å²) in [5.74, 6) is 1.14. The van der Waals surface area contributed by atoms with Gasteiger partial charge < -0.3 is 14.8 Å². The normalized spacial score (nSPS) is 11.8. The number of nitrogens with one attached hydrogen (secondary N) is 1. The van der Waals surface area contributed by atoms with Crippen LogP contribution in [0.2, 0.25) is 0 Å². The Bertz CT molecular complexity index is 395. The Labute approximate surface area is 106 Å². The van der Waals surface area contributed by atoms with Gasteiger partial charge in [-0.15, -0.1) is 11.6 Å². The first-order valence-corrected chi connectivity index (χ1v) is 5.73. The highest BCUT2D eigenvalue weighted by Gasteiger charge is 2.14. The number of alkyl halides is 1. The number of halogens is 1. The average Bonchev–Trinajstić information content (AvgIpc) is 2.37. The largest absolute Gasteiger partial charge is 0.497 e. The molecular weight excluding hydrogens is 242 g/mol. The Kier molecular flexibility index (Phi) is 5.10. The zero-order valence-electron chi connectivity index (χ0n) is 10.1. The highest BCUT2D eigenvalue weighted by molar-refractivity contribution is 6.27. The van der Waals surface area contributed by atoms with Gasteiger partial charge in [-0.2, -0.15) is 0 Å². The van der Waals surface area contributed by atoms with Gasteiger partial charge >= 0.3 is 0 Å². The maximum absolute atomic E-state index is 11.2. The van der Waals surface area contributed by atoms with Crippen LogP contribution in [0.15, 0.2) is 18.2 Å². The van der Waals surface area contributed by atoms with Gasteiger partial charge in [0.05, 0.1) is 20.3 Å². The molecule has 1 rings (SSSR count). The van der Waals surface area contributed by atoms with Crippen molar-refractivity contribution in [1.82, 2.24) is 5.32 Å². The van der Waals surface area contributed by atoms with E-state index in [0.717, 1.165) is 5.56 Å². The highest BCUT2D eigenvalue weighted by Crippen LogP contribution is 2.29. The zero-order valence-corrected chi connectivity index (χ0v) is 10.9. The second-order valence-corrected chi connectivity index (χ2v) is 3.80. The number of carbonyl (C=O) groups is 1. The van der Waals surface area contributed by atoms with E-state index < -0.39 is 0 Å². The molecule has 0 saturated heterocycles. The zero-order chi connectivity index (χ0) is 12.8. The molecule has 0 saturated carbocycles. The minimum Gasteiger partial charge on any atom is -0.497 e. The summed E-state index contributed by atoms with van der Waals surface area (Å²) in [4.78, 5) is 11.2. The maximum atomic E-state index is 11.2. The predicted octanol–water partition coefficient (Wildman–Crippen LogP) is 2.12.